The summed E-state index contributed by atoms with van der Waals surface area (Å²) in [5.41, 5.74) is 3.61. The van der Waals surface area contributed by atoms with Crippen LogP contribution in [0.5, 0.6) is 5.95 Å². The summed E-state index contributed by atoms with van der Waals surface area (Å²) in [6.45, 7) is 3.09. The minimum atomic E-state index is -0.416. The molecule has 5 nitrogen and oxygen atoms in total. The lowest BCUT2D eigenvalue weighted by Crippen LogP contribution is -2.38. The first-order valence-corrected chi connectivity index (χ1v) is 7.13. The molecule has 1 N–H and O–H groups in total. The van der Waals surface area contributed by atoms with E-state index in [4.69, 9.17) is 4.52 Å². The molecule has 0 atom stereocenters. The lowest BCUT2D eigenvalue weighted by atomic mass is 10.2. The monoisotopic (exact) mass is 295 g/mol. The van der Waals surface area contributed by atoms with Gasteiger partial charge in [0, 0.05) is 18.7 Å². The summed E-state index contributed by atoms with van der Waals surface area (Å²) in [5.74, 6) is -0.416. The highest BCUT2D eigenvalue weighted by atomic mass is 16.6. The van der Waals surface area contributed by atoms with Crippen LogP contribution in [0.1, 0.15) is 16.8 Å². The Morgan fingerprint density at radius 2 is 1.77 bits per heavy atom. The third-order valence-electron chi connectivity index (χ3n) is 3.44. The highest BCUT2D eigenvalue weighted by molar-refractivity contribution is 5.27. The standard InChI is InChI=1S/C17H17N3O2/c1-13-7-9-15(10-8-13)20-16(17(21)22-19-20)12-18-11-14-5-3-2-4-6-14/h2-10,18H,11-12H2,1H3. The molecule has 0 aliphatic carbocycles. The fourth-order valence-electron chi connectivity index (χ4n) is 2.22. The van der Waals surface area contributed by atoms with Gasteiger partial charge in [0.15, 0.2) is 5.95 Å². The summed E-state index contributed by atoms with van der Waals surface area (Å²) in [6, 6.07) is 17.8. The van der Waals surface area contributed by atoms with Crippen LogP contribution in [0.4, 0.5) is 0 Å². The van der Waals surface area contributed by atoms with Gasteiger partial charge in [0.2, 0.25) is 5.69 Å². The number of aryl methyl sites for hydroxylation is 1. The van der Waals surface area contributed by atoms with Gasteiger partial charge in [0.1, 0.15) is 0 Å². The lowest BCUT2D eigenvalue weighted by Gasteiger charge is -2.03. The van der Waals surface area contributed by atoms with E-state index < -0.39 is 5.95 Å². The van der Waals surface area contributed by atoms with Crippen molar-refractivity contribution in [2.24, 2.45) is 0 Å². The number of nitrogens with one attached hydrogen (secondary N) is 1. The second kappa shape index (κ2) is 6.41. The van der Waals surface area contributed by atoms with Crippen molar-refractivity contribution in [2.75, 3.05) is 0 Å². The molecule has 0 aliphatic heterocycles. The van der Waals surface area contributed by atoms with E-state index >= 15 is 0 Å². The van der Waals surface area contributed by atoms with E-state index in [0.29, 0.717) is 18.8 Å². The Kier molecular flexibility index (Phi) is 4.16. The number of nitrogens with zero attached hydrogens (tertiary/aromatic N) is 2. The van der Waals surface area contributed by atoms with Gasteiger partial charge in [-0.15, -0.1) is 0 Å². The maximum Gasteiger partial charge on any atom is 0.253 e. The van der Waals surface area contributed by atoms with Gasteiger partial charge in [-0.25, -0.2) is 0 Å². The molecule has 3 rings (SSSR count). The minimum Gasteiger partial charge on any atom is -0.539 e. The van der Waals surface area contributed by atoms with Crippen LogP contribution in [-0.4, -0.2) is 5.27 Å². The molecule has 0 saturated heterocycles. The zero-order valence-corrected chi connectivity index (χ0v) is 12.3. The van der Waals surface area contributed by atoms with Crippen LogP contribution >= 0.6 is 0 Å². The fraction of sp³-hybridized carbons (Fsp3) is 0.176. The normalized spacial score (nSPS) is 10.8. The van der Waals surface area contributed by atoms with Gasteiger partial charge in [-0.1, -0.05) is 48.0 Å². The summed E-state index contributed by atoms with van der Waals surface area (Å²) in [4.78, 5) is 0. The van der Waals surface area contributed by atoms with Crippen molar-refractivity contribution in [3.63, 3.8) is 0 Å². The molecule has 0 amide bonds. The largest absolute Gasteiger partial charge is 0.539 e. The number of benzene rings is 2. The first-order chi connectivity index (χ1) is 10.7. The molecule has 22 heavy (non-hydrogen) atoms. The van der Waals surface area contributed by atoms with Crippen molar-refractivity contribution in [1.82, 2.24) is 10.6 Å². The molecule has 0 spiro atoms. The van der Waals surface area contributed by atoms with Crippen molar-refractivity contribution >= 4 is 0 Å². The molecule has 3 aromatic rings. The third kappa shape index (κ3) is 3.15. The van der Waals surface area contributed by atoms with E-state index in [1.165, 1.54) is 0 Å². The Hall–Kier alpha value is -2.66. The molecule has 1 heterocycles. The summed E-state index contributed by atoms with van der Waals surface area (Å²) in [6.07, 6.45) is 0. The SMILES string of the molecule is Cc1ccc(-[n+]2noc([O-])c2CNCc2ccccc2)cc1. The quantitative estimate of drug-likeness (QED) is 0.727. The van der Waals surface area contributed by atoms with Gasteiger partial charge in [0.05, 0.1) is 11.8 Å². The van der Waals surface area contributed by atoms with E-state index in [0.717, 1.165) is 16.8 Å². The molecule has 0 bridgehead atoms. The molecule has 0 saturated carbocycles. The van der Waals surface area contributed by atoms with E-state index in [1.54, 1.807) is 4.68 Å². The van der Waals surface area contributed by atoms with Crippen LogP contribution in [0.25, 0.3) is 5.69 Å². The first kappa shape index (κ1) is 14.3. The summed E-state index contributed by atoms with van der Waals surface area (Å²) in [7, 11) is 0. The molecular weight excluding hydrogens is 278 g/mol. The Morgan fingerprint density at radius 1 is 1.05 bits per heavy atom. The minimum absolute atomic E-state index is 0.394. The maximum absolute atomic E-state index is 11.8. The summed E-state index contributed by atoms with van der Waals surface area (Å²) >= 11 is 0. The van der Waals surface area contributed by atoms with Crippen molar-refractivity contribution in [3.8, 4) is 11.6 Å². The Morgan fingerprint density at radius 3 is 2.50 bits per heavy atom. The molecule has 0 radical (unpaired) electrons. The van der Waals surface area contributed by atoms with Crippen molar-refractivity contribution < 1.29 is 14.3 Å². The van der Waals surface area contributed by atoms with Crippen LogP contribution in [0.2, 0.25) is 0 Å². The predicted molar refractivity (Wildman–Crippen MR) is 79.2 cm³/mol. The lowest BCUT2D eigenvalue weighted by molar-refractivity contribution is -0.677. The van der Waals surface area contributed by atoms with Crippen LogP contribution in [0, 0.1) is 6.92 Å². The Labute approximate surface area is 128 Å². The number of hydrogen-bond donors (Lipinski definition) is 1. The smallest absolute Gasteiger partial charge is 0.253 e. The van der Waals surface area contributed by atoms with E-state index in [1.807, 2.05) is 61.5 Å². The van der Waals surface area contributed by atoms with Gasteiger partial charge in [0.25, 0.3) is 5.69 Å². The third-order valence-corrected chi connectivity index (χ3v) is 3.44. The summed E-state index contributed by atoms with van der Waals surface area (Å²) in [5, 5.41) is 18.9. The first-order valence-electron chi connectivity index (χ1n) is 7.13. The van der Waals surface area contributed by atoms with Gasteiger partial charge in [-0.2, -0.15) is 0 Å². The number of aromatic nitrogens is 2. The van der Waals surface area contributed by atoms with Crippen LogP contribution < -0.4 is 15.1 Å². The average Bonchev–Trinajstić information content (AvgIpc) is 2.90. The van der Waals surface area contributed by atoms with Crippen molar-refractivity contribution in [3.05, 3.63) is 71.4 Å². The van der Waals surface area contributed by atoms with E-state index in [2.05, 4.69) is 10.6 Å². The second-order valence-corrected chi connectivity index (χ2v) is 5.14. The van der Waals surface area contributed by atoms with Crippen LogP contribution in [-0.2, 0) is 13.1 Å². The zero-order valence-electron chi connectivity index (χ0n) is 12.3. The fourth-order valence-corrected chi connectivity index (χ4v) is 2.22. The van der Waals surface area contributed by atoms with Gasteiger partial charge in [-0.05, 0) is 17.2 Å². The zero-order chi connectivity index (χ0) is 15.4. The Bertz CT molecular complexity index is 736. The van der Waals surface area contributed by atoms with Crippen LogP contribution in [0.3, 0.4) is 0 Å². The van der Waals surface area contributed by atoms with Crippen LogP contribution in [0.15, 0.2) is 59.1 Å². The molecule has 0 fully saturated rings. The summed E-state index contributed by atoms with van der Waals surface area (Å²) < 4.78 is 6.34. The molecule has 2 aromatic carbocycles. The highest BCUT2D eigenvalue weighted by Crippen LogP contribution is 2.11. The highest BCUT2D eigenvalue weighted by Gasteiger charge is 2.19. The molecule has 5 heteroatoms. The predicted octanol–water partition coefficient (Wildman–Crippen LogP) is 1.62. The second-order valence-electron chi connectivity index (χ2n) is 5.14. The van der Waals surface area contributed by atoms with Crippen molar-refractivity contribution in [1.29, 1.82) is 0 Å². The average molecular weight is 295 g/mol. The Balaban J connectivity index is 1.74. The molecule has 0 unspecified atom stereocenters. The molecular formula is C17H17N3O2. The number of hydrogen-bond acceptors (Lipinski definition) is 4. The molecule has 112 valence electrons. The maximum atomic E-state index is 11.8. The topological polar surface area (TPSA) is 65.0 Å². The molecule has 1 aromatic heterocycles. The molecule has 0 aliphatic rings. The van der Waals surface area contributed by atoms with Crippen molar-refractivity contribution in [2.45, 2.75) is 20.0 Å². The van der Waals surface area contributed by atoms with Gasteiger partial charge >= 0.3 is 0 Å². The van der Waals surface area contributed by atoms with E-state index in [9.17, 15) is 5.11 Å². The van der Waals surface area contributed by atoms with E-state index in [-0.39, 0.29) is 0 Å². The van der Waals surface area contributed by atoms with Gasteiger partial charge < -0.3 is 14.9 Å². The number of rotatable bonds is 5. The van der Waals surface area contributed by atoms with Gasteiger partial charge in [-0.3, -0.25) is 0 Å².